The van der Waals surface area contributed by atoms with Crippen molar-refractivity contribution in [2.45, 2.75) is 44.7 Å². The van der Waals surface area contributed by atoms with E-state index >= 15 is 0 Å². The second-order valence-corrected chi connectivity index (χ2v) is 8.55. The van der Waals surface area contributed by atoms with Gasteiger partial charge in [0.2, 0.25) is 11.1 Å². The second kappa shape index (κ2) is 7.63. The van der Waals surface area contributed by atoms with Crippen molar-refractivity contribution in [3.8, 4) is 0 Å². The molecule has 0 spiro atoms. The van der Waals surface area contributed by atoms with Gasteiger partial charge in [0.1, 0.15) is 0 Å². The van der Waals surface area contributed by atoms with Crippen LogP contribution < -0.4 is 5.32 Å². The number of nitrogens with zero attached hydrogens (tertiary/aromatic N) is 5. The molecular weight excluding hydrogens is 368 g/mol. The standard InChI is InChI=1S/C17H22N6OS2/c1-5-13-20-21-16(23(13)22-8-6-7-9-22)26-11-14(24)19-15-18-12(10-25-15)17(2,3)4/h6-10H,5,11H2,1-4H3,(H,18,19,24). The molecule has 9 heteroatoms. The molecule has 1 amide bonds. The first-order chi connectivity index (χ1) is 12.4. The van der Waals surface area contributed by atoms with Crippen LogP contribution in [0.3, 0.4) is 0 Å². The van der Waals surface area contributed by atoms with Crippen LogP contribution in [0.1, 0.15) is 39.2 Å². The van der Waals surface area contributed by atoms with E-state index in [1.807, 2.05) is 46.2 Å². The van der Waals surface area contributed by atoms with Crippen LogP contribution in [0.2, 0.25) is 0 Å². The highest BCUT2D eigenvalue weighted by Gasteiger charge is 2.19. The SMILES string of the molecule is CCc1nnc(SCC(=O)Nc2nc(C(C)(C)C)cs2)n1-n1cccc1. The lowest BCUT2D eigenvalue weighted by Gasteiger charge is -2.14. The molecule has 0 saturated carbocycles. The molecule has 0 fully saturated rings. The Morgan fingerprint density at radius 1 is 1.27 bits per heavy atom. The number of carbonyl (C=O) groups excluding carboxylic acids is 1. The smallest absolute Gasteiger partial charge is 0.236 e. The summed E-state index contributed by atoms with van der Waals surface area (Å²) < 4.78 is 3.83. The Hall–Kier alpha value is -2.13. The molecule has 0 radical (unpaired) electrons. The number of rotatable bonds is 6. The summed E-state index contributed by atoms with van der Waals surface area (Å²) in [6, 6.07) is 3.88. The van der Waals surface area contributed by atoms with Gasteiger partial charge in [0.25, 0.3) is 0 Å². The maximum absolute atomic E-state index is 12.3. The Morgan fingerprint density at radius 3 is 2.62 bits per heavy atom. The third-order valence-corrected chi connectivity index (χ3v) is 5.34. The fraction of sp³-hybridized carbons (Fsp3) is 0.412. The Labute approximate surface area is 160 Å². The average Bonchev–Trinajstić information content (AvgIpc) is 3.31. The molecular formula is C17H22N6OS2. The van der Waals surface area contributed by atoms with Crippen molar-refractivity contribution >= 4 is 34.1 Å². The van der Waals surface area contributed by atoms with Gasteiger partial charge in [-0.05, 0) is 12.1 Å². The maximum atomic E-state index is 12.3. The van der Waals surface area contributed by atoms with E-state index in [1.54, 1.807) is 0 Å². The predicted molar refractivity (Wildman–Crippen MR) is 105 cm³/mol. The lowest BCUT2D eigenvalue weighted by atomic mass is 9.93. The zero-order valence-electron chi connectivity index (χ0n) is 15.3. The summed E-state index contributed by atoms with van der Waals surface area (Å²) in [5.74, 6) is 0.983. The van der Waals surface area contributed by atoms with Crippen molar-refractivity contribution in [2.75, 3.05) is 11.1 Å². The van der Waals surface area contributed by atoms with E-state index in [2.05, 4.69) is 41.3 Å². The number of thiazole rings is 1. The predicted octanol–water partition coefficient (Wildman–Crippen LogP) is 3.44. The van der Waals surface area contributed by atoms with Gasteiger partial charge in [-0.1, -0.05) is 39.5 Å². The monoisotopic (exact) mass is 390 g/mol. The van der Waals surface area contributed by atoms with Gasteiger partial charge in [-0.2, -0.15) is 0 Å². The molecule has 0 aliphatic carbocycles. The number of aryl methyl sites for hydroxylation is 1. The molecule has 1 N–H and O–H groups in total. The number of aromatic nitrogens is 5. The first-order valence-corrected chi connectivity index (χ1v) is 10.2. The largest absolute Gasteiger partial charge is 0.301 e. The number of hydrogen-bond acceptors (Lipinski definition) is 6. The van der Waals surface area contributed by atoms with Gasteiger partial charge in [0.15, 0.2) is 11.0 Å². The zero-order valence-corrected chi connectivity index (χ0v) is 16.9. The highest BCUT2D eigenvalue weighted by molar-refractivity contribution is 7.99. The van der Waals surface area contributed by atoms with E-state index in [0.29, 0.717) is 10.3 Å². The van der Waals surface area contributed by atoms with Crippen molar-refractivity contribution in [3.05, 3.63) is 41.4 Å². The van der Waals surface area contributed by atoms with Gasteiger partial charge in [0.05, 0.1) is 11.4 Å². The van der Waals surface area contributed by atoms with Gasteiger partial charge >= 0.3 is 0 Å². The molecule has 3 aromatic heterocycles. The number of thioether (sulfide) groups is 1. The first-order valence-electron chi connectivity index (χ1n) is 8.35. The number of carbonyl (C=O) groups is 1. The van der Waals surface area contributed by atoms with Crippen LogP contribution in [-0.4, -0.2) is 36.2 Å². The molecule has 0 aromatic carbocycles. The van der Waals surface area contributed by atoms with E-state index in [9.17, 15) is 4.79 Å². The molecule has 26 heavy (non-hydrogen) atoms. The average molecular weight is 391 g/mol. The van der Waals surface area contributed by atoms with Crippen molar-refractivity contribution in [1.82, 2.24) is 24.5 Å². The normalized spacial score (nSPS) is 11.7. The Morgan fingerprint density at radius 2 is 2.00 bits per heavy atom. The van der Waals surface area contributed by atoms with E-state index in [4.69, 9.17) is 0 Å². The van der Waals surface area contributed by atoms with Crippen LogP contribution in [0, 0.1) is 0 Å². The summed E-state index contributed by atoms with van der Waals surface area (Å²) in [7, 11) is 0. The van der Waals surface area contributed by atoms with E-state index in [0.717, 1.165) is 17.9 Å². The Balaban J connectivity index is 1.65. The zero-order chi connectivity index (χ0) is 18.7. The summed E-state index contributed by atoms with van der Waals surface area (Å²) >= 11 is 2.80. The van der Waals surface area contributed by atoms with Gasteiger partial charge in [-0.15, -0.1) is 21.5 Å². The van der Waals surface area contributed by atoms with Gasteiger partial charge in [-0.3, -0.25) is 9.47 Å². The molecule has 0 aliphatic rings. The third-order valence-electron chi connectivity index (χ3n) is 3.66. The summed E-state index contributed by atoms with van der Waals surface area (Å²) in [5.41, 5.74) is 0.947. The molecule has 7 nitrogen and oxygen atoms in total. The Bertz CT molecular complexity index is 876. The minimum absolute atomic E-state index is 0.0298. The van der Waals surface area contributed by atoms with Gasteiger partial charge in [0, 0.05) is 29.6 Å². The number of anilines is 1. The van der Waals surface area contributed by atoms with Crippen molar-refractivity contribution in [2.24, 2.45) is 0 Å². The van der Waals surface area contributed by atoms with Crippen LogP contribution in [0.5, 0.6) is 0 Å². The summed E-state index contributed by atoms with van der Waals surface area (Å²) in [6.07, 6.45) is 4.61. The Kier molecular flexibility index (Phi) is 5.47. The summed E-state index contributed by atoms with van der Waals surface area (Å²) in [4.78, 5) is 16.8. The van der Waals surface area contributed by atoms with E-state index in [1.165, 1.54) is 23.1 Å². The van der Waals surface area contributed by atoms with E-state index in [-0.39, 0.29) is 17.1 Å². The topological polar surface area (TPSA) is 77.6 Å². The fourth-order valence-electron chi connectivity index (χ4n) is 2.26. The highest BCUT2D eigenvalue weighted by atomic mass is 32.2. The molecule has 3 aromatic rings. The van der Waals surface area contributed by atoms with Crippen LogP contribution >= 0.6 is 23.1 Å². The lowest BCUT2D eigenvalue weighted by Crippen LogP contribution is -2.17. The first kappa shape index (κ1) is 18.7. The third kappa shape index (κ3) is 4.16. The quantitative estimate of drug-likeness (QED) is 0.653. The van der Waals surface area contributed by atoms with Crippen LogP contribution in [0.15, 0.2) is 35.1 Å². The molecule has 0 aliphatic heterocycles. The summed E-state index contributed by atoms with van der Waals surface area (Å²) in [5, 5.41) is 14.6. The number of amides is 1. The molecule has 0 saturated heterocycles. The van der Waals surface area contributed by atoms with Crippen molar-refractivity contribution < 1.29 is 4.79 Å². The second-order valence-electron chi connectivity index (χ2n) is 6.75. The number of hydrogen-bond donors (Lipinski definition) is 1. The van der Waals surface area contributed by atoms with Gasteiger partial charge in [-0.25, -0.2) is 9.66 Å². The molecule has 138 valence electrons. The maximum Gasteiger partial charge on any atom is 0.236 e. The highest BCUT2D eigenvalue weighted by Crippen LogP contribution is 2.26. The van der Waals surface area contributed by atoms with Crippen molar-refractivity contribution in [1.29, 1.82) is 0 Å². The van der Waals surface area contributed by atoms with E-state index < -0.39 is 0 Å². The van der Waals surface area contributed by atoms with Crippen molar-refractivity contribution in [3.63, 3.8) is 0 Å². The molecule has 3 heterocycles. The minimum Gasteiger partial charge on any atom is -0.301 e. The molecule has 0 unspecified atom stereocenters. The number of nitrogens with one attached hydrogen (secondary N) is 1. The van der Waals surface area contributed by atoms with Crippen LogP contribution in [-0.2, 0) is 16.6 Å². The van der Waals surface area contributed by atoms with Crippen LogP contribution in [0.4, 0.5) is 5.13 Å². The fourth-order valence-corrected chi connectivity index (χ4v) is 3.96. The summed E-state index contributed by atoms with van der Waals surface area (Å²) in [6.45, 7) is 8.33. The molecule has 0 bridgehead atoms. The molecule has 3 rings (SSSR count). The minimum atomic E-state index is -0.107. The van der Waals surface area contributed by atoms with Gasteiger partial charge < -0.3 is 5.32 Å². The lowest BCUT2D eigenvalue weighted by molar-refractivity contribution is -0.113. The van der Waals surface area contributed by atoms with Crippen LogP contribution in [0.25, 0.3) is 0 Å². The molecule has 0 atom stereocenters.